The molecule has 0 fully saturated rings. The lowest BCUT2D eigenvalue weighted by atomic mass is 10.1. The maximum atomic E-state index is 6.01. The van der Waals surface area contributed by atoms with Crippen molar-refractivity contribution < 1.29 is 0 Å². The summed E-state index contributed by atoms with van der Waals surface area (Å²) in [5, 5.41) is 5.56. The summed E-state index contributed by atoms with van der Waals surface area (Å²) in [6, 6.07) is 7.93. The van der Waals surface area contributed by atoms with Crippen molar-refractivity contribution >= 4 is 33.6 Å². The summed E-state index contributed by atoms with van der Waals surface area (Å²) >= 11 is 1.75. The Morgan fingerprint density at radius 3 is 2.90 bits per heavy atom. The van der Waals surface area contributed by atoms with Crippen molar-refractivity contribution in [3.63, 3.8) is 0 Å². The molecule has 0 radical (unpaired) electrons. The van der Waals surface area contributed by atoms with Gasteiger partial charge >= 0.3 is 0 Å². The molecule has 0 aliphatic rings. The van der Waals surface area contributed by atoms with Gasteiger partial charge in [-0.2, -0.15) is 0 Å². The molecule has 108 valence electrons. The minimum Gasteiger partial charge on any atom is -0.398 e. The highest BCUT2D eigenvalue weighted by molar-refractivity contribution is 7.11. The zero-order valence-electron chi connectivity index (χ0n) is 12.1. The SMILES string of the molecule is CCc1cnc(C(C)Nc2ccc(N)c3cccnc23)s1. The van der Waals surface area contributed by atoms with Gasteiger partial charge in [-0.15, -0.1) is 11.3 Å². The molecule has 2 aromatic heterocycles. The summed E-state index contributed by atoms with van der Waals surface area (Å²) in [7, 11) is 0. The number of nitrogens with two attached hydrogens (primary N) is 1. The van der Waals surface area contributed by atoms with Crippen molar-refractivity contribution in [2.75, 3.05) is 11.1 Å². The number of benzene rings is 1. The number of pyridine rings is 1. The molecule has 0 saturated carbocycles. The van der Waals surface area contributed by atoms with Crippen LogP contribution in [0.4, 0.5) is 11.4 Å². The molecular formula is C16H18N4S. The van der Waals surface area contributed by atoms with Gasteiger partial charge in [0.15, 0.2) is 0 Å². The summed E-state index contributed by atoms with van der Waals surface area (Å²) in [5.74, 6) is 0. The standard InChI is InChI=1S/C16H18N4S/c1-3-11-9-19-16(21-11)10(2)20-14-7-6-13(17)12-5-4-8-18-15(12)14/h4-10,20H,3,17H2,1-2H3. The Labute approximate surface area is 128 Å². The Morgan fingerprint density at radius 2 is 2.14 bits per heavy atom. The van der Waals surface area contributed by atoms with Crippen LogP contribution in [0.1, 0.15) is 29.8 Å². The van der Waals surface area contributed by atoms with Crippen molar-refractivity contribution in [2.45, 2.75) is 26.3 Å². The van der Waals surface area contributed by atoms with E-state index in [4.69, 9.17) is 5.73 Å². The second-order valence-corrected chi connectivity index (χ2v) is 6.13. The molecule has 4 nitrogen and oxygen atoms in total. The molecule has 1 aromatic carbocycles. The molecule has 3 N–H and O–H groups in total. The summed E-state index contributed by atoms with van der Waals surface area (Å²) in [4.78, 5) is 10.2. The molecule has 3 rings (SSSR count). The fourth-order valence-electron chi connectivity index (χ4n) is 2.29. The second-order valence-electron chi connectivity index (χ2n) is 4.99. The van der Waals surface area contributed by atoms with Crippen LogP contribution in [-0.2, 0) is 6.42 Å². The molecule has 0 aliphatic carbocycles. The van der Waals surface area contributed by atoms with Crippen molar-refractivity contribution in [3.05, 3.63) is 46.5 Å². The van der Waals surface area contributed by atoms with Gasteiger partial charge in [-0.3, -0.25) is 4.98 Å². The number of nitrogens with one attached hydrogen (secondary N) is 1. The summed E-state index contributed by atoms with van der Waals surface area (Å²) in [6.07, 6.45) is 4.77. The molecular weight excluding hydrogens is 280 g/mol. The number of anilines is 2. The smallest absolute Gasteiger partial charge is 0.115 e. The van der Waals surface area contributed by atoms with Crippen LogP contribution in [0.3, 0.4) is 0 Å². The summed E-state index contributed by atoms with van der Waals surface area (Å²) < 4.78 is 0. The van der Waals surface area contributed by atoms with Crippen LogP contribution in [0.2, 0.25) is 0 Å². The lowest BCUT2D eigenvalue weighted by Gasteiger charge is -2.15. The van der Waals surface area contributed by atoms with E-state index in [1.807, 2.05) is 30.5 Å². The van der Waals surface area contributed by atoms with Crippen molar-refractivity contribution in [1.82, 2.24) is 9.97 Å². The van der Waals surface area contributed by atoms with Crippen LogP contribution < -0.4 is 11.1 Å². The van der Waals surface area contributed by atoms with Crippen molar-refractivity contribution in [3.8, 4) is 0 Å². The van der Waals surface area contributed by atoms with Crippen molar-refractivity contribution in [2.24, 2.45) is 0 Å². The zero-order valence-corrected chi connectivity index (χ0v) is 12.9. The first kappa shape index (κ1) is 13.8. The molecule has 3 aromatic rings. The van der Waals surface area contributed by atoms with Gasteiger partial charge in [0.05, 0.1) is 17.2 Å². The largest absolute Gasteiger partial charge is 0.398 e. The third-order valence-electron chi connectivity index (χ3n) is 3.47. The number of aromatic nitrogens is 2. The molecule has 21 heavy (non-hydrogen) atoms. The molecule has 1 atom stereocenters. The first-order valence-electron chi connectivity index (χ1n) is 7.03. The molecule has 0 bridgehead atoms. The van der Waals surface area contributed by atoms with E-state index in [9.17, 15) is 0 Å². The van der Waals surface area contributed by atoms with E-state index in [0.29, 0.717) is 0 Å². The summed E-state index contributed by atoms with van der Waals surface area (Å²) in [6.45, 7) is 4.26. The number of nitrogen functional groups attached to an aromatic ring is 1. The van der Waals surface area contributed by atoms with Gasteiger partial charge in [-0.05, 0) is 37.6 Å². The molecule has 0 saturated heterocycles. The molecule has 5 heteroatoms. The quantitative estimate of drug-likeness (QED) is 0.714. The minimum absolute atomic E-state index is 0.143. The van der Waals surface area contributed by atoms with Crippen LogP contribution >= 0.6 is 11.3 Å². The Hall–Kier alpha value is -2.14. The van der Waals surface area contributed by atoms with Gasteiger partial charge in [0, 0.05) is 28.3 Å². The third kappa shape index (κ3) is 2.69. The topological polar surface area (TPSA) is 63.8 Å². The second kappa shape index (κ2) is 5.69. The number of aryl methyl sites for hydroxylation is 1. The fraction of sp³-hybridized carbons (Fsp3) is 0.250. The van der Waals surface area contributed by atoms with Gasteiger partial charge in [-0.25, -0.2) is 4.98 Å². The Bertz CT molecular complexity index is 766. The van der Waals surface area contributed by atoms with Crippen LogP contribution in [0.25, 0.3) is 10.9 Å². The Balaban J connectivity index is 1.92. The van der Waals surface area contributed by atoms with Gasteiger partial charge < -0.3 is 11.1 Å². The first-order valence-corrected chi connectivity index (χ1v) is 7.85. The number of hydrogen-bond acceptors (Lipinski definition) is 5. The molecule has 0 spiro atoms. The van der Waals surface area contributed by atoms with E-state index in [-0.39, 0.29) is 6.04 Å². The normalized spacial score (nSPS) is 12.5. The number of rotatable bonds is 4. The lowest BCUT2D eigenvalue weighted by molar-refractivity contribution is 0.871. The zero-order chi connectivity index (χ0) is 14.8. The Morgan fingerprint density at radius 1 is 1.29 bits per heavy atom. The van der Waals surface area contributed by atoms with E-state index in [2.05, 4.69) is 29.1 Å². The van der Waals surface area contributed by atoms with E-state index in [1.54, 1.807) is 17.5 Å². The lowest BCUT2D eigenvalue weighted by Crippen LogP contribution is -2.07. The molecule has 1 unspecified atom stereocenters. The maximum absolute atomic E-state index is 6.01. The van der Waals surface area contributed by atoms with E-state index >= 15 is 0 Å². The maximum Gasteiger partial charge on any atom is 0.115 e. The van der Waals surface area contributed by atoms with Crippen LogP contribution in [0.5, 0.6) is 0 Å². The number of fused-ring (bicyclic) bond motifs is 1. The average Bonchev–Trinajstić information content (AvgIpc) is 2.99. The number of thiazole rings is 1. The number of hydrogen-bond donors (Lipinski definition) is 2. The van der Waals surface area contributed by atoms with Crippen molar-refractivity contribution in [1.29, 1.82) is 0 Å². The van der Waals surface area contributed by atoms with E-state index in [0.717, 1.165) is 33.7 Å². The van der Waals surface area contributed by atoms with Crippen LogP contribution in [0, 0.1) is 0 Å². The van der Waals surface area contributed by atoms with Crippen LogP contribution in [-0.4, -0.2) is 9.97 Å². The minimum atomic E-state index is 0.143. The highest BCUT2D eigenvalue weighted by Crippen LogP contribution is 2.30. The number of nitrogens with zero attached hydrogens (tertiary/aromatic N) is 2. The van der Waals surface area contributed by atoms with Gasteiger partial charge in [0.2, 0.25) is 0 Å². The molecule has 0 aliphatic heterocycles. The average molecular weight is 298 g/mol. The predicted molar refractivity (Wildman–Crippen MR) is 89.7 cm³/mol. The first-order chi connectivity index (χ1) is 10.2. The Kier molecular flexibility index (Phi) is 3.75. The predicted octanol–water partition coefficient (Wildman–Crippen LogP) is 4.01. The third-order valence-corrected chi connectivity index (χ3v) is 4.79. The van der Waals surface area contributed by atoms with E-state index in [1.165, 1.54) is 4.88 Å². The summed E-state index contributed by atoms with van der Waals surface area (Å²) in [5.41, 5.74) is 8.65. The van der Waals surface area contributed by atoms with Gasteiger partial charge in [0.25, 0.3) is 0 Å². The van der Waals surface area contributed by atoms with Gasteiger partial charge in [0.1, 0.15) is 5.01 Å². The van der Waals surface area contributed by atoms with Gasteiger partial charge in [-0.1, -0.05) is 6.92 Å². The monoisotopic (exact) mass is 298 g/mol. The fourth-order valence-corrected chi connectivity index (χ4v) is 3.15. The molecule has 0 amide bonds. The molecule has 2 heterocycles. The highest BCUT2D eigenvalue weighted by Gasteiger charge is 2.12. The van der Waals surface area contributed by atoms with E-state index < -0.39 is 0 Å². The highest BCUT2D eigenvalue weighted by atomic mass is 32.1. The van der Waals surface area contributed by atoms with Crippen LogP contribution in [0.15, 0.2) is 36.7 Å².